The predicted octanol–water partition coefficient (Wildman–Crippen LogP) is 4.46. The summed E-state index contributed by atoms with van der Waals surface area (Å²) in [5.41, 5.74) is 2.77. The zero-order chi connectivity index (χ0) is 20.3. The highest BCUT2D eigenvalue weighted by atomic mass is 32.2. The molecule has 0 N–H and O–H groups in total. The minimum absolute atomic E-state index is 0.0322. The summed E-state index contributed by atoms with van der Waals surface area (Å²) in [6, 6.07) is 13.7. The number of carbonyl (C=O) groups is 1. The fraction of sp³-hybridized carbons (Fsp3) is 0.200. The number of thioether (sulfide) groups is 1. The molecule has 8 heteroatoms. The SMILES string of the molecule is CSC1=N/C(=C/c2ccc(N(C)C)cc2)C(=O)N1c1ccc(OC(F)F)cc1. The van der Waals surface area contributed by atoms with E-state index in [-0.39, 0.29) is 11.7 Å². The maximum Gasteiger partial charge on any atom is 0.387 e. The highest BCUT2D eigenvalue weighted by molar-refractivity contribution is 8.13. The first-order chi connectivity index (χ1) is 13.4. The van der Waals surface area contributed by atoms with E-state index in [0.29, 0.717) is 16.6 Å². The summed E-state index contributed by atoms with van der Waals surface area (Å²) in [7, 11) is 3.91. The highest BCUT2D eigenvalue weighted by Gasteiger charge is 2.31. The second-order valence-corrected chi connectivity index (χ2v) is 6.90. The van der Waals surface area contributed by atoms with Gasteiger partial charge in [0, 0.05) is 19.8 Å². The quantitative estimate of drug-likeness (QED) is 0.692. The Labute approximate surface area is 166 Å². The number of rotatable bonds is 5. The topological polar surface area (TPSA) is 45.1 Å². The number of nitrogens with zero attached hydrogens (tertiary/aromatic N) is 3. The fourth-order valence-corrected chi connectivity index (χ4v) is 3.22. The van der Waals surface area contributed by atoms with Crippen molar-refractivity contribution in [1.82, 2.24) is 0 Å². The number of carbonyl (C=O) groups excluding carboxylic acids is 1. The summed E-state index contributed by atoms with van der Waals surface area (Å²) >= 11 is 1.33. The van der Waals surface area contributed by atoms with Crippen molar-refractivity contribution >= 4 is 40.3 Å². The number of halogens is 2. The molecular weight excluding hydrogens is 384 g/mol. The van der Waals surface area contributed by atoms with Gasteiger partial charge in [-0.05, 0) is 54.3 Å². The zero-order valence-corrected chi connectivity index (χ0v) is 16.4. The van der Waals surface area contributed by atoms with Gasteiger partial charge in [0.05, 0.1) is 5.69 Å². The molecule has 5 nitrogen and oxygen atoms in total. The van der Waals surface area contributed by atoms with Crippen molar-refractivity contribution in [2.45, 2.75) is 6.61 Å². The molecule has 0 saturated heterocycles. The van der Waals surface area contributed by atoms with E-state index in [1.807, 2.05) is 49.5 Å². The van der Waals surface area contributed by atoms with Gasteiger partial charge in [0.15, 0.2) is 5.17 Å². The van der Waals surface area contributed by atoms with Crippen LogP contribution in [0.1, 0.15) is 5.56 Å². The van der Waals surface area contributed by atoms with E-state index < -0.39 is 6.61 Å². The van der Waals surface area contributed by atoms with E-state index >= 15 is 0 Å². The Kier molecular flexibility index (Phi) is 5.99. The van der Waals surface area contributed by atoms with Crippen molar-refractivity contribution in [1.29, 1.82) is 0 Å². The Morgan fingerprint density at radius 1 is 1.11 bits per heavy atom. The Morgan fingerprint density at radius 2 is 1.75 bits per heavy atom. The van der Waals surface area contributed by atoms with Gasteiger partial charge in [0.25, 0.3) is 5.91 Å². The maximum absolute atomic E-state index is 12.9. The standard InChI is InChI=1S/C20H19F2N3O2S/c1-24(2)14-6-4-13(5-7-14)12-17-18(26)25(20(23-17)28-3)15-8-10-16(11-9-15)27-19(21)22/h4-12,19H,1-3H3/b17-12+. The molecule has 0 fully saturated rings. The molecule has 1 aliphatic rings. The van der Waals surface area contributed by atoms with Crippen LogP contribution in [0.25, 0.3) is 6.08 Å². The minimum atomic E-state index is -2.89. The van der Waals surface area contributed by atoms with Crippen molar-refractivity contribution < 1.29 is 18.3 Å². The summed E-state index contributed by atoms with van der Waals surface area (Å²) in [5, 5.41) is 0.517. The van der Waals surface area contributed by atoms with Gasteiger partial charge in [-0.3, -0.25) is 9.69 Å². The van der Waals surface area contributed by atoms with Crippen LogP contribution < -0.4 is 14.5 Å². The smallest absolute Gasteiger partial charge is 0.387 e. The lowest BCUT2D eigenvalue weighted by Crippen LogP contribution is -2.30. The monoisotopic (exact) mass is 403 g/mol. The lowest BCUT2D eigenvalue weighted by Gasteiger charge is -2.17. The van der Waals surface area contributed by atoms with Gasteiger partial charge in [0.1, 0.15) is 11.4 Å². The van der Waals surface area contributed by atoms with E-state index in [1.54, 1.807) is 18.2 Å². The average molecular weight is 403 g/mol. The van der Waals surface area contributed by atoms with Crippen molar-refractivity contribution in [2.75, 3.05) is 30.2 Å². The van der Waals surface area contributed by atoms with Gasteiger partial charge in [-0.25, -0.2) is 4.99 Å². The molecular formula is C20H19F2N3O2S. The van der Waals surface area contributed by atoms with Crippen LogP contribution in [0.5, 0.6) is 5.75 Å². The molecule has 146 valence electrons. The molecule has 0 atom stereocenters. The van der Waals surface area contributed by atoms with Crippen molar-refractivity contribution in [3.63, 3.8) is 0 Å². The van der Waals surface area contributed by atoms with Crippen molar-refractivity contribution in [3.8, 4) is 5.75 Å². The molecule has 0 aromatic heterocycles. The molecule has 28 heavy (non-hydrogen) atoms. The van der Waals surface area contributed by atoms with E-state index in [1.165, 1.54) is 28.8 Å². The molecule has 0 unspecified atom stereocenters. The summed E-state index contributed by atoms with van der Waals surface area (Å²) in [6.07, 6.45) is 3.55. The van der Waals surface area contributed by atoms with Gasteiger partial charge < -0.3 is 9.64 Å². The Balaban J connectivity index is 1.85. The summed E-state index contributed by atoms with van der Waals surface area (Å²) in [5.74, 6) is -0.242. The third-order valence-corrected chi connectivity index (χ3v) is 4.68. The molecule has 0 aliphatic carbocycles. The van der Waals surface area contributed by atoms with Crippen LogP contribution >= 0.6 is 11.8 Å². The third kappa shape index (κ3) is 4.33. The largest absolute Gasteiger partial charge is 0.435 e. The average Bonchev–Trinajstić information content (AvgIpc) is 2.98. The molecule has 1 aliphatic heterocycles. The molecule has 2 aromatic carbocycles. The first kappa shape index (κ1) is 19.9. The van der Waals surface area contributed by atoms with E-state index in [4.69, 9.17) is 0 Å². The van der Waals surface area contributed by atoms with Crippen LogP contribution in [0.4, 0.5) is 20.2 Å². The molecule has 3 rings (SSSR count). The normalized spacial score (nSPS) is 15.4. The van der Waals surface area contributed by atoms with Crippen LogP contribution in [-0.2, 0) is 4.79 Å². The zero-order valence-electron chi connectivity index (χ0n) is 15.6. The van der Waals surface area contributed by atoms with Gasteiger partial charge in [-0.1, -0.05) is 23.9 Å². The highest BCUT2D eigenvalue weighted by Crippen LogP contribution is 2.30. The fourth-order valence-electron chi connectivity index (χ4n) is 2.66. The maximum atomic E-state index is 12.9. The number of hydrogen-bond donors (Lipinski definition) is 0. The Bertz CT molecular complexity index is 910. The molecule has 2 aromatic rings. The van der Waals surface area contributed by atoms with E-state index in [9.17, 15) is 13.6 Å². The Hall–Kier alpha value is -2.87. The summed E-state index contributed by atoms with van der Waals surface area (Å²) in [6.45, 7) is -2.89. The number of benzene rings is 2. The lowest BCUT2D eigenvalue weighted by atomic mass is 10.1. The van der Waals surface area contributed by atoms with Crippen LogP contribution in [0.15, 0.2) is 59.2 Å². The first-order valence-electron chi connectivity index (χ1n) is 8.40. The van der Waals surface area contributed by atoms with E-state index in [0.717, 1.165) is 11.3 Å². The Morgan fingerprint density at radius 3 is 2.29 bits per heavy atom. The number of alkyl halides is 2. The van der Waals surface area contributed by atoms with Gasteiger partial charge in [-0.15, -0.1) is 0 Å². The van der Waals surface area contributed by atoms with Gasteiger partial charge >= 0.3 is 6.61 Å². The van der Waals surface area contributed by atoms with Gasteiger partial charge in [-0.2, -0.15) is 8.78 Å². The second-order valence-electron chi connectivity index (χ2n) is 6.13. The molecule has 0 bridgehead atoms. The van der Waals surface area contributed by atoms with Crippen LogP contribution in [0, 0.1) is 0 Å². The minimum Gasteiger partial charge on any atom is -0.435 e. The number of ether oxygens (including phenoxy) is 1. The number of amidine groups is 1. The van der Waals surface area contributed by atoms with Crippen LogP contribution in [0.3, 0.4) is 0 Å². The van der Waals surface area contributed by atoms with Crippen LogP contribution in [0.2, 0.25) is 0 Å². The predicted molar refractivity (Wildman–Crippen MR) is 110 cm³/mol. The second kappa shape index (κ2) is 8.43. The summed E-state index contributed by atoms with van der Waals surface area (Å²) < 4.78 is 29.0. The summed E-state index contributed by atoms with van der Waals surface area (Å²) in [4.78, 5) is 20.8. The van der Waals surface area contributed by atoms with Crippen molar-refractivity contribution in [3.05, 3.63) is 59.8 Å². The molecule has 0 radical (unpaired) electrons. The van der Waals surface area contributed by atoms with E-state index in [2.05, 4.69) is 9.73 Å². The number of amides is 1. The molecule has 0 saturated carbocycles. The first-order valence-corrected chi connectivity index (χ1v) is 9.62. The number of anilines is 2. The molecule has 0 spiro atoms. The number of hydrogen-bond acceptors (Lipinski definition) is 5. The number of aliphatic imine (C=N–C) groups is 1. The van der Waals surface area contributed by atoms with Crippen molar-refractivity contribution in [2.24, 2.45) is 4.99 Å². The molecule has 1 heterocycles. The lowest BCUT2D eigenvalue weighted by molar-refractivity contribution is -0.113. The third-order valence-electron chi connectivity index (χ3n) is 4.05. The molecule has 1 amide bonds. The van der Waals surface area contributed by atoms with Gasteiger partial charge in [0.2, 0.25) is 0 Å². The van der Waals surface area contributed by atoms with Crippen LogP contribution in [-0.4, -0.2) is 38.0 Å².